The molecule has 7 heteroatoms. The number of phenolic OH excluding ortho intramolecular Hbond substituents is 2. The van der Waals surface area contributed by atoms with E-state index >= 15 is 0 Å². The second kappa shape index (κ2) is 5.23. The Morgan fingerprint density at radius 3 is 2.29 bits per heavy atom. The first-order valence-electron chi connectivity index (χ1n) is 4.29. The van der Waals surface area contributed by atoms with Crippen molar-refractivity contribution in [2.45, 2.75) is 4.90 Å². The Labute approximate surface area is 140 Å². The van der Waals surface area contributed by atoms with Gasteiger partial charge in [-0.25, -0.2) is 8.42 Å². The number of fused-ring (bicyclic) bond motifs is 1. The maximum atomic E-state index is 10.8. The zero-order valence-corrected chi connectivity index (χ0v) is 12.9. The Morgan fingerprint density at radius 2 is 1.71 bits per heavy atom. The summed E-state index contributed by atoms with van der Waals surface area (Å²) in [5.41, 5.74) is 0. The van der Waals surface area contributed by atoms with Gasteiger partial charge in [-0.05, 0) is 29.7 Å². The molecular formula is C10H7KO5S. The van der Waals surface area contributed by atoms with Crippen molar-refractivity contribution < 1.29 is 74.6 Å². The molecular weight excluding hydrogens is 271 g/mol. The third kappa shape index (κ3) is 3.19. The van der Waals surface area contributed by atoms with Crippen molar-refractivity contribution in [3.8, 4) is 11.5 Å². The molecule has 0 aliphatic rings. The summed E-state index contributed by atoms with van der Waals surface area (Å²) in [4.78, 5) is -0.497. The molecule has 0 bridgehead atoms. The molecule has 2 N–H and O–H groups in total. The molecule has 0 aliphatic heterocycles. The predicted octanol–water partition coefficient (Wildman–Crippen LogP) is -1.84. The van der Waals surface area contributed by atoms with Crippen LogP contribution in [0.15, 0.2) is 35.2 Å². The smallest absolute Gasteiger partial charge is 0.744 e. The predicted molar refractivity (Wildman–Crippen MR) is 55.2 cm³/mol. The van der Waals surface area contributed by atoms with Gasteiger partial charge >= 0.3 is 51.4 Å². The van der Waals surface area contributed by atoms with Crippen LogP contribution in [-0.4, -0.2) is 23.2 Å². The molecule has 0 atom stereocenters. The van der Waals surface area contributed by atoms with Crippen LogP contribution in [0.2, 0.25) is 0 Å². The number of rotatable bonds is 1. The molecule has 84 valence electrons. The van der Waals surface area contributed by atoms with Crippen molar-refractivity contribution in [1.29, 1.82) is 0 Å². The molecule has 0 saturated heterocycles. The summed E-state index contributed by atoms with van der Waals surface area (Å²) in [6.07, 6.45) is 0. The van der Waals surface area contributed by atoms with E-state index in [4.69, 9.17) is 0 Å². The Balaban J connectivity index is 0.00000144. The van der Waals surface area contributed by atoms with Crippen molar-refractivity contribution in [1.82, 2.24) is 0 Å². The summed E-state index contributed by atoms with van der Waals surface area (Å²) in [6.45, 7) is 0. The normalized spacial score (nSPS) is 11.1. The van der Waals surface area contributed by atoms with Crippen molar-refractivity contribution in [2.75, 3.05) is 0 Å². The molecule has 0 fully saturated rings. The molecule has 0 aliphatic carbocycles. The first kappa shape index (κ1) is 14.9. The molecule has 2 aromatic rings. The Bertz CT molecular complexity index is 666. The van der Waals surface area contributed by atoms with E-state index in [1.165, 1.54) is 18.2 Å². The molecule has 0 radical (unpaired) electrons. The SMILES string of the molecule is O=S(=O)([O-])c1cc(O)c2cc(O)ccc2c1.[K+]. The van der Waals surface area contributed by atoms with Crippen LogP contribution in [0, 0.1) is 0 Å². The number of hydrogen-bond acceptors (Lipinski definition) is 5. The van der Waals surface area contributed by atoms with Gasteiger partial charge in [0.25, 0.3) is 0 Å². The van der Waals surface area contributed by atoms with Crippen LogP contribution in [0.1, 0.15) is 0 Å². The third-order valence-corrected chi connectivity index (χ3v) is 2.99. The molecule has 5 nitrogen and oxygen atoms in total. The van der Waals surface area contributed by atoms with Gasteiger partial charge in [-0.15, -0.1) is 0 Å². The Hall–Kier alpha value is -0.154. The topological polar surface area (TPSA) is 97.7 Å². The zero-order chi connectivity index (χ0) is 11.9. The van der Waals surface area contributed by atoms with E-state index in [-0.39, 0.29) is 68.3 Å². The molecule has 0 saturated carbocycles. The first-order chi connectivity index (χ1) is 7.38. The summed E-state index contributed by atoms with van der Waals surface area (Å²) in [5, 5.41) is 19.4. The Kier molecular flexibility index (Phi) is 4.58. The summed E-state index contributed by atoms with van der Waals surface area (Å²) >= 11 is 0. The molecule has 2 aromatic carbocycles. The minimum Gasteiger partial charge on any atom is -0.744 e. The fourth-order valence-corrected chi connectivity index (χ4v) is 1.97. The maximum Gasteiger partial charge on any atom is 1.00 e. The number of phenols is 2. The van der Waals surface area contributed by atoms with E-state index in [0.29, 0.717) is 5.39 Å². The van der Waals surface area contributed by atoms with Gasteiger partial charge in [-0.3, -0.25) is 0 Å². The van der Waals surface area contributed by atoms with Crippen LogP contribution in [0.4, 0.5) is 0 Å². The second-order valence-corrected chi connectivity index (χ2v) is 4.68. The first-order valence-corrected chi connectivity index (χ1v) is 5.70. The van der Waals surface area contributed by atoms with Gasteiger partial charge in [-0.2, -0.15) is 0 Å². The van der Waals surface area contributed by atoms with Crippen LogP contribution in [-0.2, 0) is 10.1 Å². The van der Waals surface area contributed by atoms with Gasteiger partial charge in [0.1, 0.15) is 21.6 Å². The quantitative estimate of drug-likeness (QED) is 0.472. The average molecular weight is 278 g/mol. The van der Waals surface area contributed by atoms with E-state index in [2.05, 4.69) is 0 Å². The van der Waals surface area contributed by atoms with Crippen LogP contribution in [0.25, 0.3) is 10.8 Å². The van der Waals surface area contributed by atoms with Crippen LogP contribution in [0.3, 0.4) is 0 Å². The van der Waals surface area contributed by atoms with Crippen molar-refractivity contribution in [3.05, 3.63) is 30.3 Å². The molecule has 0 aromatic heterocycles. The largest absolute Gasteiger partial charge is 1.00 e. The van der Waals surface area contributed by atoms with Crippen LogP contribution < -0.4 is 51.4 Å². The average Bonchev–Trinajstić information content (AvgIpc) is 2.17. The minimum atomic E-state index is -4.60. The van der Waals surface area contributed by atoms with E-state index in [0.717, 1.165) is 12.1 Å². The minimum absolute atomic E-state index is 0. The van der Waals surface area contributed by atoms with Gasteiger partial charge < -0.3 is 14.8 Å². The van der Waals surface area contributed by atoms with Gasteiger partial charge in [-0.1, -0.05) is 6.07 Å². The fraction of sp³-hybridized carbons (Fsp3) is 0. The van der Waals surface area contributed by atoms with E-state index in [1.807, 2.05) is 0 Å². The molecule has 0 spiro atoms. The zero-order valence-electron chi connectivity index (χ0n) is 8.91. The number of aromatic hydroxyl groups is 2. The van der Waals surface area contributed by atoms with Gasteiger partial charge in [0.2, 0.25) is 0 Å². The monoisotopic (exact) mass is 278 g/mol. The van der Waals surface area contributed by atoms with Crippen molar-refractivity contribution in [3.63, 3.8) is 0 Å². The molecule has 0 amide bonds. The van der Waals surface area contributed by atoms with Gasteiger partial charge in [0.05, 0.1) is 4.90 Å². The fourth-order valence-electron chi connectivity index (χ4n) is 1.44. The molecule has 2 rings (SSSR count). The number of benzene rings is 2. The molecule has 0 heterocycles. The summed E-state index contributed by atoms with van der Waals surface area (Å²) in [7, 11) is -4.60. The van der Waals surface area contributed by atoms with E-state index in [9.17, 15) is 23.2 Å². The van der Waals surface area contributed by atoms with E-state index < -0.39 is 15.0 Å². The standard InChI is InChI=1S/C10H8O5S.K/c11-7-2-1-6-3-8(16(13,14)15)5-10(12)9(6)4-7;/h1-5,11-12H,(H,13,14,15);/q;+1/p-1. The van der Waals surface area contributed by atoms with Crippen molar-refractivity contribution >= 4 is 20.9 Å². The van der Waals surface area contributed by atoms with Gasteiger partial charge in [0.15, 0.2) is 0 Å². The molecule has 17 heavy (non-hydrogen) atoms. The van der Waals surface area contributed by atoms with Gasteiger partial charge in [0, 0.05) is 5.39 Å². The number of hydrogen-bond donors (Lipinski definition) is 2. The summed E-state index contributed by atoms with van der Waals surface area (Å²) < 4.78 is 32.3. The third-order valence-electron chi connectivity index (χ3n) is 2.18. The molecule has 0 unspecified atom stereocenters. The van der Waals surface area contributed by atoms with Crippen LogP contribution in [0.5, 0.6) is 11.5 Å². The summed E-state index contributed by atoms with van der Waals surface area (Å²) in [6, 6.07) is 6.05. The summed E-state index contributed by atoms with van der Waals surface area (Å²) in [5.74, 6) is -0.414. The van der Waals surface area contributed by atoms with E-state index in [1.54, 1.807) is 0 Å². The van der Waals surface area contributed by atoms with Crippen molar-refractivity contribution in [2.24, 2.45) is 0 Å². The van der Waals surface area contributed by atoms with Crippen LogP contribution >= 0.6 is 0 Å². The maximum absolute atomic E-state index is 10.8. The Morgan fingerprint density at radius 1 is 1.06 bits per heavy atom. The second-order valence-electron chi connectivity index (χ2n) is 3.30.